The van der Waals surface area contributed by atoms with E-state index in [0.29, 0.717) is 24.6 Å². The quantitative estimate of drug-likeness (QED) is 0.551. The van der Waals surface area contributed by atoms with Crippen LogP contribution in [0.15, 0.2) is 24.3 Å². The summed E-state index contributed by atoms with van der Waals surface area (Å²) in [7, 11) is 0. The van der Waals surface area contributed by atoms with E-state index in [1.54, 1.807) is 6.07 Å². The maximum Gasteiger partial charge on any atom is 0.223 e. The molecule has 0 unspecified atom stereocenters. The lowest BCUT2D eigenvalue weighted by molar-refractivity contribution is -0.134. The predicted molar refractivity (Wildman–Crippen MR) is 132 cm³/mol. The van der Waals surface area contributed by atoms with Gasteiger partial charge in [-0.05, 0) is 50.9 Å². The number of likely N-dealkylation sites (N-methyl/N-ethyl adjacent to an activating group) is 1. The Morgan fingerprint density at radius 2 is 1.85 bits per heavy atom. The number of carbonyl (C=O) groups excluding carboxylic acids is 1. The van der Waals surface area contributed by atoms with Crippen LogP contribution in [-0.4, -0.2) is 64.3 Å². The second kappa shape index (κ2) is 11.1. The fourth-order valence-electron chi connectivity index (χ4n) is 4.47. The highest BCUT2D eigenvalue weighted by Gasteiger charge is 2.29. The van der Waals surface area contributed by atoms with Crippen molar-refractivity contribution < 1.29 is 9.18 Å². The topological polar surface area (TPSA) is 44.6 Å². The van der Waals surface area contributed by atoms with Gasteiger partial charge in [0.2, 0.25) is 5.91 Å². The number of halogens is 1. The Hall–Kier alpha value is -2.41. The van der Waals surface area contributed by atoms with Crippen molar-refractivity contribution in [2.75, 3.05) is 37.6 Å². The van der Waals surface area contributed by atoms with E-state index in [1.165, 1.54) is 12.1 Å². The third-order valence-electron chi connectivity index (χ3n) is 6.68. The van der Waals surface area contributed by atoms with E-state index in [1.807, 2.05) is 22.6 Å². The van der Waals surface area contributed by atoms with Crippen molar-refractivity contribution in [2.24, 2.45) is 5.92 Å². The molecule has 1 amide bonds. The molecule has 0 saturated carbocycles. The number of hydrogen-bond donors (Lipinski definition) is 0. The van der Waals surface area contributed by atoms with Crippen LogP contribution in [0.4, 0.5) is 10.2 Å². The molecule has 0 spiro atoms. The van der Waals surface area contributed by atoms with Gasteiger partial charge in [0, 0.05) is 44.2 Å². The normalized spacial score (nSPS) is 15.8. The molecule has 1 aliphatic heterocycles. The lowest BCUT2D eigenvalue weighted by Gasteiger charge is -2.37. The SMILES string of the molecule is CC[C@H](C)N(Cc1c(C)nn(-c2cccc(F)c2)c1N1CCN(CC)CC1)C(=O)CC(C)C. The molecule has 0 aliphatic carbocycles. The van der Waals surface area contributed by atoms with Crippen LogP contribution in [0.3, 0.4) is 0 Å². The Labute approximate surface area is 198 Å². The minimum Gasteiger partial charge on any atom is -0.354 e. The summed E-state index contributed by atoms with van der Waals surface area (Å²) >= 11 is 0. The standard InChI is InChI=1S/C26H40FN5O/c1-7-20(5)31(25(33)16-19(3)4)18-24-21(6)28-32(23-11-9-10-22(27)17-23)26(24)30-14-12-29(8-2)13-15-30/h9-11,17,19-20H,7-8,12-16,18H2,1-6H3/t20-/m0/s1. The highest BCUT2D eigenvalue weighted by molar-refractivity contribution is 5.77. The zero-order valence-corrected chi connectivity index (χ0v) is 21.1. The molecule has 0 bridgehead atoms. The Bertz CT molecular complexity index is 933. The monoisotopic (exact) mass is 457 g/mol. The van der Waals surface area contributed by atoms with Crippen molar-refractivity contribution in [3.63, 3.8) is 0 Å². The van der Waals surface area contributed by atoms with Gasteiger partial charge in [0.05, 0.1) is 17.9 Å². The van der Waals surface area contributed by atoms with E-state index < -0.39 is 0 Å². The van der Waals surface area contributed by atoms with E-state index in [-0.39, 0.29) is 17.8 Å². The predicted octanol–water partition coefficient (Wildman–Crippen LogP) is 4.63. The van der Waals surface area contributed by atoms with Crippen LogP contribution in [0.1, 0.15) is 58.7 Å². The summed E-state index contributed by atoms with van der Waals surface area (Å²) in [5, 5.41) is 4.85. The van der Waals surface area contributed by atoms with Gasteiger partial charge in [0.25, 0.3) is 0 Å². The van der Waals surface area contributed by atoms with Gasteiger partial charge >= 0.3 is 0 Å². The Balaban J connectivity index is 2.05. The van der Waals surface area contributed by atoms with Crippen molar-refractivity contribution in [1.29, 1.82) is 0 Å². The van der Waals surface area contributed by atoms with Crippen molar-refractivity contribution in [1.82, 2.24) is 19.6 Å². The van der Waals surface area contributed by atoms with Crippen LogP contribution in [-0.2, 0) is 11.3 Å². The number of carbonyl (C=O) groups is 1. The smallest absolute Gasteiger partial charge is 0.223 e. The van der Waals surface area contributed by atoms with Crippen molar-refractivity contribution in [3.05, 3.63) is 41.3 Å². The van der Waals surface area contributed by atoms with Crippen LogP contribution in [0, 0.1) is 18.7 Å². The van der Waals surface area contributed by atoms with E-state index in [9.17, 15) is 9.18 Å². The number of aromatic nitrogens is 2. The molecule has 1 aliphatic rings. The molecule has 2 aromatic rings. The molecule has 1 aromatic heterocycles. The van der Waals surface area contributed by atoms with E-state index >= 15 is 0 Å². The summed E-state index contributed by atoms with van der Waals surface area (Å²) in [4.78, 5) is 20.0. The van der Waals surface area contributed by atoms with E-state index in [2.05, 4.69) is 44.4 Å². The summed E-state index contributed by atoms with van der Waals surface area (Å²) in [5.74, 6) is 1.19. The molecule has 1 fully saturated rings. The summed E-state index contributed by atoms with van der Waals surface area (Å²) in [6.07, 6.45) is 1.43. The van der Waals surface area contributed by atoms with E-state index in [0.717, 1.165) is 56.2 Å². The second-order valence-corrected chi connectivity index (χ2v) is 9.58. The first kappa shape index (κ1) is 25.2. The van der Waals surface area contributed by atoms with Gasteiger partial charge in [-0.3, -0.25) is 4.79 Å². The molecule has 1 saturated heterocycles. The van der Waals surface area contributed by atoms with Gasteiger partial charge in [0.15, 0.2) is 0 Å². The number of anilines is 1. The van der Waals surface area contributed by atoms with Gasteiger partial charge in [-0.25, -0.2) is 9.07 Å². The molecular weight excluding hydrogens is 417 g/mol. The van der Waals surface area contributed by atoms with Gasteiger partial charge in [-0.2, -0.15) is 5.10 Å². The van der Waals surface area contributed by atoms with Crippen molar-refractivity contribution >= 4 is 11.7 Å². The fraction of sp³-hybridized carbons (Fsp3) is 0.615. The van der Waals surface area contributed by atoms with Crippen molar-refractivity contribution in [3.8, 4) is 5.69 Å². The third kappa shape index (κ3) is 5.94. The maximum atomic E-state index is 14.1. The Kier molecular flexibility index (Phi) is 8.51. The van der Waals surface area contributed by atoms with Crippen LogP contribution < -0.4 is 4.90 Å². The number of rotatable bonds is 9. The van der Waals surface area contributed by atoms with Crippen molar-refractivity contribution in [2.45, 2.75) is 67.0 Å². The number of benzene rings is 1. The summed E-state index contributed by atoms with van der Waals surface area (Å²) in [6.45, 7) is 17.9. The summed E-state index contributed by atoms with van der Waals surface area (Å²) in [5.41, 5.74) is 2.65. The minimum absolute atomic E-state index is 0.137. The lowest BCUT2D eigenvalue weighted by atomic mass is 10.1. The summed E-state index contributed by atoms with van der Waals surface area (Å²) < 4.78 is 16.0. The Morgan fingerprint density at radius 3 is 2.42 bits per heavy atom. The lowest BCUT2D eigenvalue weighted by Crippen LogP contribution is -2.47. The van der Waals surface area contributed by atoms with Crippen LogP contribution in [0.2, 0.25) is 0 Å². The van der Waals surface area contributed by atoms with Crippen LogP contribution in [0.25, 0.3) is 5.69 Å². The average molecular weight is 458 g/mol. The first-order valence-corrected chi connectivity index (χ1v) is 12.4. The zero-order valence-electron chi connectivity index (χ0n) is 21.1. The van der Waals surface area contributed by atoms with Gasteiger partial charge < -0.3 is 14.7 Å². The number of hydrogen-bond acceptors (Lipinski definition) is 4. The number of aryl methyl sites for hydroxylation is 1. The molecule has 2 heterocycles. The largest absolute Gasteiger partial charge is 0.354 e. The first-order chi connectivity index (χ1) is 15.7. The molecule has 7 heteroatoms. The highest BCUT2D eigenvalue weighted by atomic mass is 19.1. The van der Waals surface area contributed by atoms with Crippen LogP contribution in [0.5, 0.6) is 0 Å². The van der Waals surface area contributed by atoms with Gasteiger partial charge in [0.1, 0.15) is 11.6 Å². The zero-order chi connectivity index (χ0) is 24.1. The minimum atomic E-state index is -0.280. The second-order valence-electron chi connectivity index (χ2n) is 9.58. The molecule has 0 N–H and O–H groups in total. The molecule has 1 atom stereocenters. The van der Waals surface area contributed by atoms with Gasteiger partial charge in [-0.1, -0.05) is 33.8 Å². The number of nitrogens with zero attached hydrogens (tertiary/aromatic N) is 5. The Morgan fingerprint density at radius 1 is 1.15 bits per heavy atom. The molecule has 1 aromatic carbocycles. The molecule has 33 heavy (non-hydrogen) atoms. The molecule has 0 radical (unpaired) electrons. The number of piperazine rings is 1. The van der Waals surface area contributed by atoms with Crippen LogP contribution >= 0.6 is 0 Å². The van der Waals surface area contributed by atoms with Gasteiger partial charge in [-0.15, -0.1) is 0 Å². The maximum absolute atomic E-state index is 14.1. The average Bonchev–Trinajstić information content (AvgIpc) is 3.12. The number of amides is 1. The highest BCUT2D eigenvalue weighted by Crippen LogP contribution is 2.31. The fourth-order valence-corrected chi connectivity index (χ4v) is 4.47. The summed E-state index contributed by atoms with van der Waals surface area (Å²) in [6, 6.07) is 6.73. The molecular formula is C26H40FN5O. The molecule has 3 rings (SSSR count). The van der Waals surface area contributed by atoms with E-state index in [4.69, 9.17) is 5.10 Å². The molecule has 6 nitrogen and oxygen atoms in total. The third-order valence-corrected chi connectivity index (χ3v) is 6.68. The molecule has 182 valence electrons. The first-order valence-electron chi connectivity index (χ1n) is 12.4.